The van der Waals surface area contributed by atoms with Gasteiger partial charge in [-0.1, -0.05) is 26.7 Å². The summed E-state index contributed by atoms with van der Waals surface area (Å²) < 4.78 is 5.66. The summed E-state index contributed by atoms with van der Waals surface area (Å²) in [6.07, 6.45) is 4.22. The fraction of sp³-hybridized carbons (Fsp3) is 0.391. The average Bonchev–Trinajstić information content (AvgIpc) is 2.72. The number of benzene rings is 2. The molecule has 0 aliphatic carbocycles. The molecule has 28 heavy (non-hydrogen) atoms. The van der Waals surface area contributed by atoms with Gasteiger partial charge in [0.15, 0.2) is 0 Å². The van der Waals surface area contributed by atoms with Gasteiger partial charge in [-0.2, -0.15) is 0 Å². The van der Waals surface area contributed by atoms with Gasteiger partial charge in [0.1, 0.15) is 5.75 Å². The van der Waals surface area contributed by atoms with Gasteiger partial charge in [-0.05, 0) is 68.3 Å². The highest BCUT2D eigenvalue weighted by atomic mass is 16.5. The molecule has 0 aliphatic rings. The predicted octanol–water partition coefficient (Wildman–Crippen LogP) is 5.04. The molecule has 1 atom stereocenters. The minimum Gasteiger partial charge on any atom is -0.494 e. The Labute approximate surface area is 167 Å². The molecule has 2 N–H and O–H groups in total. The van der Waals surface area contributed by atoms with Crippen LogP contribution in [0.1, 0.15) is 67.2 Å². The number of rotatable bonds is 10. The van der Waals surface area contributed by atoms with Crippen LogP contribution in [0.2, 0.25) is 0 Å². The van der Waals surface area contributed by atoms with Crippen LogP contribution in [0.25, 0.3) is 0 Å². The van der Waals surface area contributed by atoms with E-state index in [1.165, 1.54) is 0 Å². The molecule has 0 aromatic heterocycles. The molecule has 0 saturated heterocycles. The van der Waals surface area contributed by atoms with Crippen LogP contribution in [0.5, 0.6) is 5.75 Å². The molecular weight excluding hydrogens is 352 g/mol. The van der Waals surface area contributed by atoms with E-state index in [4.69, 9.17) is 4.74 Å². The van der Waals surface area contributed by atoms with Crippen LogP contribution >= 0.6 is 0 Å². The molecule has 0 fully saturated rings. The number of unbranched alkanes of at least 4 members (excludes halogenated alkanes) is 2. The Hall–Kier alpha value is -2.82. The number of ether oxygens (including phenoxy) is 1. The van der Waals surface area contributed by atoms with Gasteiger partial charge in [0, 0.05) is 22.9 Å². The fourth-order valence-electron chi connectivity index (χ4n) is 2.56. The molecule has 5 nitrogen and oxygen atoms in total. The number of carbonyl (C=O) groups excluding carboxylic acids is 2. The van der Waals surface area contributed by atoms with E-state index in [-0.39, 0.29) is 17.9 Å². The first-order valence-corrected chi connectivity index (χ1v) is 9.98. The summed E-state index contributed by atoms with van der Waals surface area (Å²) in [5, 5.41) is 5.76. The van der Waals surface area contributed by atoms with Crippen molar-refractivity contribution in [1.82, 2.24) is 5.32 Å². The van der Waals surface area contributed by atoms with E-state index in [0.717, 1.165) is 31.4 Å². The summed E-state index contributed by atoms with van der Waals surface area (Å²) in [5.41, 5.74) is 1.77. The number of carbonyl (C=O) groups is 2. The number of nitrogens with one attached hydrogen (secondary N) is 2. The Morgan fingerprint density at radius 1 is 0.893 bits per heavy atom. The maximum atomic E-state index is 12.4. The number of amides is 2. The monoisotopic (exact) mass is 382 g/mol. The summed E-state index contributed by atoms with van der Waals surface area (Å²) >= 11 is 0. The molecule has 2 aromatic carbocycles. The van der Waals surface area contributed by atoms with Gasteiger partial charge < -0.3 is 15.4 Å². The van der Waals surface area contributed by atoms with Gasteiger partial charge in [-0.25, -0.2) is 0 Å². The lowest BCUT2D eigenvalue weighted by Gasteiger charge is -2.12. The van der Waals surface area contributed by atoms with Crippen LogP contribution in [0, 0.1) is 0 Å². The van der Waals surface area contributed by atoms with Crippen LogP contribution in [-0.4, -0.2) is 24.5 Å². The first kappa shape index (κ1) is 21.5. The quantitative estimate of drug-likeness (QED) is 0.566. The zero-order chi connectivity index (χ0) is 20.4. The van der Waals surface area contributed by atoms with Crippen LogP contribution in [0.4, 0.5) is 5.69 Å². The number of anilines is 1. The normalized spacial score (nSPS) is 11.5. The summed E-state index contributed by atoms with van der Waals surface area (Å²) in [6, 6.07) is 14.1. The van der Waals surface area contributed by atoms with Crippen LogP contribution in [-0.2, 0) is 0 Å². The lowest BCUT2D eigenvalue weighted by Crippen LogP contribution is -2.31. The van der Waals surface area contributed by atoms with Crippen molar-refractivity contribution >= 4 is 17.5 Å². The first-order valence-electron chi connectivity index (χ1n) is 9.98. The number of hydrogen-bond donors (Lipinski definition) is 2. The van der Waals surface area contributed by atoms with Crippen molar-refractivity contribution in [2.24, 2.45) is 0 Å². The van der Waals surface area contributed by atoms with Crippen molar-refractivity contribution in [3.63, 3.8) is 0 Å². The molecular formula is C23H30N2O3. The molecule has 0 spiro atoms. The molecule has 0 saturated carbocycles. The first-order chi connectivity index (χ1) is 13.5. The van der Waals surface area contributed by atoms with Crippen molar-refractivity contribution in [2.75, 3.05) is 11.9 Å². The van der Waals surface area contributed by atoms with Crippen LogP contribution in [0.3, 0.4) is 0 Å². The van der Waals surface area contributed by atoms with E-state index >= 15 is 0 Å². The van der Waals surface area contributed by atoms with E-state index in [1.807, 2.05) is 26.0 Å². The maximum absolute atomic E-state index is 12.4. The van der Waals surface area contributed by atoms with Crippen molar-refractivity contribution in [2.45, 2.75) is 52.5 Å². The fourth-order valence-corrected chi connectivity index (χ4v) is 2.56. The van der Waals surface area contributed by atoms with Gasteiger partial charge in [0.25, 0.3) is 11.8 Å². The van der Waals surface area contributed by atoms with Gasteiger partial charge >= 0.3 is 0 Å². The highest BCUT2D eigenvalue weighted by Gasteiger charge is 2.10. The third-order valence-electron chi connectivity index (χ3n) is 4.53. The van der Waals surface area contributed by atoms with Crippen LogP contribution < -0.4 is 15.4 Å². The molecule has 0 aliphatic heterocycles. The lowest BCUT2D eigenvalue weighted by molar-refractivity contribution is 0.0938. The highest BCUT2D eigenvalue weighted by molar-refractivity contribution is 6.04. The molecule has 2 rings (SSSR count). The van der Waals surface area contributed by atoms with E-state index in [9.17, 15) is 9.59 Å². The van der Waals surface area contributed by atoms with Crippen molar-refractivity contribution in [3.05, 3.63) is 59.7 Å². The minimum absolute atomic E-state index is 0.109. The van der Waals surface area contributed by atoms with E-state index in [1.54, 1.807) is 36.4 Å². The Balaban J connectivity index is 1.89. The van der Waals surface area contributed by atoms with Gasteiger partial charge in [0.2, 0.25) is 0 Å². The van der Waals surface area contributed by atoms with Gasteiger partial charge in [-0.3, -0.25) is 9.59 Å². The van der Waals surface area contributed by atoms with Crippen molar-refractivity contribution in [3.8, 4) is 5.75 Å². The largest absolute Gasteiger partial charge is 0.494 e. The molecule has 2 aromatic rings. The third-order valence-corrected chi connectivity index (χ3v) is 4.53. The topological polar surface area (TPSA) is 67.4 Å². The number of hydrogen-bond acceptors (Lipinski definition) is 3. The van der Waals surface area contributed by atoms with Crippen molar-refractivity contribution < 1.29 is 14.3 Å². The van der Waals surface area contributed by atoms with E-state index in [0.29, 0.717) is 23.4 Å². The minimum atomic E-state index is -0.200. The Bertz CT molecular complexity index is 754. The predicted molar refractivity (Wildman–Crippen MR) is 113 cm³/mol. The second-order valence-corrected chi connectivity index (χ2v) is 6.89. The average molecular weight is 383 g/mol. The summed E-state index contributed by atoms with van der Waals surface area (Å²) in [6.45, 7) is 6.84. The smallest absolute Gasteiger partial charge is 0.255 e. The Morgan fingerprint density at radius 2 is 1.50 bits per heavy atom. The molecule has 0 bridgehead atoms. The van der Waals surface area contributed by atoms with Gasteiger partial charge in [-0.15, -0.1) is 0 Å². The summed E-state index contributed by atoms with van der Waals surface area (Å²) in [7, 11) is 0. The molecule has 5 heteroatoms. The zero-order valence-electron chi connectivity index (χ0n) is 17.0. The second-order valence-electron chi connectivity index (χ2n) is 6.89. The maximum Gasteiger partial charge on any atom is 0.255 e. The molecule has 0 radical (unpaired) electrons. The SMILES string of the molecule is CCCCCOc1ccc(C(=O)Nc2ccc(C(=O)NC(C)CC)cc2)cc1. The molecule has 150 valence electrons. The standard InChI is InChI=1S/C23H30N2O3/c1-4-6-7-16-28-21-14-10-19(11-15-21)23(27)25-20-12-8-18(9-13-20)22(26)24-17(3)5-2/h8-15,17H,4-7,16H2,1-3H3,(H,24,26)(H,25,27). The van der Waals surface area contributed by atoms with Gasteiger partial charge in [0.05, 0.1) is 6.61 Å². The summed E-state index contributed by atoms with van der Waals surface area (Å²) in [4.78, 5) is 24.5. The lowest BCUT2D eigenvalue weighted by atomic mass is 10.1. The molecule has 2 amide bonds. The van der Waals surface area contributed by atoms with E-state index in [2.05, 4.69) is 17.6 Å². The molecule has 1 unspecified atom stereocenters. The molecule has 0 heterocycles. The van der Waals surface area contributed by atoms with Crippen LogP contribution in [0.15, 0.2) is 48.5 Å². The van der Waals surface area contributed by atoms with Crippen molar-refractivity contribution in [1.29, 1.82) is 0 Å². The Morgan fingerprint density at radius 3 is 2.11 bits per heavy atom. The van der Waals surface area contributed by atoms with E-state index < -0.39 is 0 Å². The zero-order valence-corrected chi connectivity index (χ0v) is 17.0. The highest BCUT2D eigenvalue weighted by Crippen LogP contribution is 2.15. The second kappa shape index (κ2) is 11.1. The Kier molecular flexibility index (Phi) is 8.53. The summed E-state index contributed by atoms with van der Waals surface area (Å²) in [5.74, 6) is 0.459. The third kappa shape index (κ3) is 6.72.